The maximum atomic E-state index is 2.58. The predicted octanol–water partition coefficient (Wildman–Crippen LogP) is 6.06. The van der Waals surface area contributed by atoms with Gasteiger partial charge >= 0.3 is 0 Å². The lowest BCUT2D eigenvalue weighted by Crippen LogP contribution is -2.35. The molecule has 0 saturated heterocycles. The Kier molecular flexibility index (Phi) is 2.74. The minimum Gasteiger partial charge on any atom is -0.0802 e. The highest BCUT2D eigenvalue weighted by molar-refractivity contribution is 5.49. The normalized spacial score (nSPS) is 44.0. The van der Waals surface area contributed by atoms with E-state index < -0.39 is 0 Å². The molecule has 0 amide bonds. The van der Waals surface area contributed by atoms with E-state index >= 15 is 0 Å². The molecule has 0 nitrogen and oxygen atoms in total. The maximum absolute atomic E-state index is 2.58. The Morgan fingerprint density at radius 2 is 1.90 bits per heavy atom. The molecule has 4 aliphatic carbocycles. The Labute approximate surface area is 130 Å². The highest BCUT2D eigenvalue weighted by Crippen LogP contribution is 2.70. The van der Waals surface area contributed by atoms with Crippen LogP contribution < -0.4 is 0 Å². The molecule has 0 aliphatic heterocycles. The monoisotopic (exact) mass is 282 g/mol. The van der Waals surface area contributed by atoms with Gasteiger partial charge in [0, 0.05) is 5.92 Å². The zero-order chi connectivity index (χ0) is 15.0. The fraction of sp³-hybridized carbons (Fsp3) is 0.714. The lowest BCUT2D eigenvalue weighted by molar-refractivity contribution is 0.154. The van der Waals surface area contributed by atoms with Gasteiger partial charge in [0.25, 0.3) is 0 Å². The molecule has 1 fully saturated rings. The van der Waals surface area contributed by atoms with E-state index in [0.29, 0.717) is 10.8 Å². The number of fused-ring (bicyclic) bond motifs is 2. The van der Waals surface area contributed by atoms with Gasteiger partial charge in [0.1, 0.15) is 0 Å². The molecule has 0 aromatic rings. The zero-order valence-electron chi connectivity index (χ0n) is 14.4. The van der Waals surface area contributed by atoms with Gasteiger partial charge in [0.15, 0.2) is 0 Å². The van der Waals surface area contributed by atoms with E-state index in [9.17, 15) is 0 Å². The Morgan fingerprint density at radius 1 is 1.14 bits per heavy atom. The third kappa shape index (κ3) is 1.52. The second-order valence-corrected chi connectivity index (χ2v) is 8.90. The fourth-order valence-corrected chi connectivity index (χ4v) is 6.40. The molecule has 114 valence electrons. The highest BCUT2D eigenvalue weighted by Gasteiger charge is 2.61. The summed E-state index contributed by atoms with van der Waals surface area (Å²) in [6.45, 7) is 12.6. The van der Waals surface area contributed by atoms with E-state index in [2.05, 4.69) is 46.8 Å². The van der Waals surface area contributed by atoms with Crippen molar-refractivity contribution in [2.75, 3.05) is 0 Å². The van der Waals surface area contributed by atoms with Crippen LogP contribution in [0, 0.1) is 28.6 Å². The van der Waals surface area contributed by atoms with E-state index in [1.165, 1.54) is 32.1 Å². The first-order valence-corrected chi connectivity index (χ1v) is 8.97. The minimum absolute atomic E-state index is 0.437. The van der Waals surface area contributed by atoms with E-state index in [1.807, 2.05) is 5.57 Å². The fourth-order valence-electron chi connectivity index (χ4n) is 6.40. The summed E-state index contributed by atoms with van der Waals surface area (Å²) in [5.74, 6) is 2.38. The van der Waals surface area contributed by atoms with Gasteiger partial charge < -0.3 is 0 Å². The van der Waals surface area contributed by atoms with Crippen LogP contribution >= 0.6 is 0 Å². The van der Waals surface area contributed by atoms with Crippen LogP contribution in [0.1, 0.15) is 66.7 Å². The Morgan fingerprint density at radius 3 is 2.57 bits per heavy atom. The van der Waals surface area contributed by atoms with Crippen molar-refractivity contribution in [2.24, 2.45) is 28.6 Å². The van der Waals surface area contributed by atoms with E-state index in [0.717, 1.165) is 17.8 Å². The van der Waals surface area contributed by atoms with E-state index in [4.69, 9.17) is 0 Å². The first-order chi connectivity index (χ1) is 9.88. The number of allylic oxidation sites excluding steroid dienone is 6. The maximum Gasteiger partial charge on any atom is 0.00818 e. The quantitative estimate of drug-likeness (QED) is 0.513. The molecule has 0 spiro atoms. The molecule has 0 heteroatoms. The van der Waals surface area contributed by atoms with Crippen molar-refractivity contribution in [1.29, 1.82) is 0 Å². The predicted molar refractivity (Wildman–Crippen MR) is 90.0 cm³/mol. The molecule has 4 atom stereocenters. The molecular formula is C21H30. The smallest absolute Gasteiger partial charge is 0.00818 e. The summed E-state index contributed by atoms with van der Waals surface area (Å²) < 4.78 is 0. The van der Waals surface area contributed by atoms with Gasteiger partial charge in [-0.15, -0.1) is 0 Å². The van der Waals surface area contributed by atoms with Crippen LogP contribution in [0.25, 0.3) is 0 Å². The van der Waals surface area contributed by atoms with Gasteiger partial charge in [-0.3, -0.25) is 0 Å². The van der Waals surface area contributed by atoms with Gasteiger partial charge in [0.2, 0.25) is 0 Å². The lowest BCUT2D eigenvalue weighted by Gasteiger charge is -2.44. The van der Waals surface area contributed by atoms with Crippen molar-refractivity contribution in [1.82, 2.24) is 0 Å². The van der Waals surface area contributed by atoms with Crippen LogP contribution in [0.4, 0.5) is 0 Å². The molecule has 4 aliphatic rings. The molecule has 2 unspecified atom stereocenters. The van der Waals surface area contributed by atoms with Crippen LogP contribution in [-0.2, 0) is 0 Å². The topological polar surface area (TPSA) is 0 Å². The van der Waals surface area contributed by atoms with Crippen molar-refractivity contribution >= 4 is 0 Å². The van der Waals surface area contributed by atoms with Gasteiger partial charge in [-0.05, 0) is 67.3 Å². The van der Waals surface area contributed by atoms with Crippen molar-refractivity contribution < 1.29 is 0 Å². The van der Waals surface area contributed by atoms with Crippen LogP contribution in [0.2, 0.25) is 0 Å². The minimum atomic E-state index is 0.437. The molecule has 21 heavy (non-hydrogen) atoms. The third-order valence-electron chi connectivity index (χ3n) is 7.95. The van der Waals surface area contributed by atoms with Crippen molar-refractivity contribution in [3.8, 4) is 0 Å². The largest absolute Gasteiger partial charge is 0.0802 e. The van der Waals surface area contributed by atoms with Gasteiger partial charge in [-0.2, -0.15) is 0 Å². The average molecular weight is 282 g/mol. The summed E-state index contributed by atoms with van der Waals surface area (Å²) in [4.78, 5) is 0. The lowest BCUT2D eigenvalue weighted by atomic mass is 9.60. The molecule has 0 heterocycles. The summed E-state index contributed by atoms with van der Waals surface area (Å²) in [6.07, 6.45) is 11.7. The first-order valence-electron chi connectivity index (χ1n) is 8.97. The molecule has 0 aromatic carbocycles. The molecule has 0 radical (unpaired) electrons. The van der Waals surface area contributed by atoms with Gasteiger partial charge in [-0.25, -0.2) is 0 Å². The Bertz CT molecular complexity index is 583. The average Bonchev–Trinajstić information content (AvgIpc) is 3.00. The third-order valence-corrected chi connectivity index (χ3v) is 7.95. The molecule has 4 rings (SSSR count). The van der Waals surface area contributed by atoms with Crippen molar-refractivity contribution in [3.05, 3.63) is 34.4 Å². The van der Waals surface area contributed by atoms with Gasteiger partial charge in [0.05, 0.1) is 0 Å². The molecule has 2 bridgehead atoms. The van der Waals surface area contributed by atoms with Crippen molar-refractivity contribution in [2.45, 2.75) is 66.7 Å². The van der Waals surface area contributed by atoms with Crippen LogP contribution in [-0.4, -0.2) is 0 Å². The number of hydrogen-bond donors (Lipinski definition) is 0. The standard InChI is InChI=1S/C21H30/c1-13-9-10-15-7-6-8-16(15)18(13)19-14(2)17-11-12-21(19,5)20(17,3)4/h6,8,13,17-18H,7,9-12H2,1-5H3/t13?,17-,18?,21-/m0/s1. The van der Waals surface area contributed by atoms with Crippen LogP contribution in [0.5, 0.6) is 0 Å². The summed E-state index contributed by atoms with van der Waals surface area (Å²) in [6, 6.07) is 0. The van der Waals surface area contributed by atoms with Crippen LogP contribution in [0.15, 0.2) is 34.4 Å². The summed E-state index contributed by atoms with van der Waals surface area (Å²) in [5.41, 5.74) is 7.99. The molecule has 0 aromatic heterocycles. The van der Waals surface area contributed by atoms with Crippen molar-refractivity contribution in [3.63, 3.8) is 0 Å². The summed E-state index contributed by atoms with van der Waals surface area (Å²) in [7, 11) is 0. The second kappa shape index (κ2) is 4.15. The second-order valence-electron chi connectivity index (χ2n) is 8.90. The molecular weight excluding hydrogens is 252 g/mol. The zero-order valence-corrected chi connectivity index (χ0v) is 14.4. The number of hydrogen-bond acceptors (Lipinski definition) is 0. The Hall–Kier alpha value is -0.780. The number of rotatable bonds is 1. The van der Waals surface area contributed by atoms with E-state index in [-0.39, 0.29) is 0 Å². The SMILES string of the molecule is CC1=C(C2C3=C(CC=C3)CCC2C)[C@]2(C)CC[C@@H]1C2(C)C. The highest BCUT2D eigenvalue weighted by atomic mass is 14.6. The van der Waals surface area contributed by atoms with Crippen LogP contribution in [0.3, 0.4) is 0 Å². The first kappa shape index (κ1) is 13.9. The molecule has 0 N–H and O–H groups in total. The van der Waals surface area contributed by atoms with Gasteiger partial charge in [-0.1, -0.05) is 56.6 Å². The summed E-state index contributed by atoms with van der Waals surface area (Å²) >= 11 is 0. The molecule has 1 saturated carbocycles. The van der Waals surface area contributed by atoms with E-state index in [1.54, 1.807) is 16.7 Å². The summed E-state index contributed by atoms with van der Waals surface area (Å²) in [5, 5.41) is 0. The Balaban J connectivity index is 1.87.